The van der Waals surface area contributed by atoms with Gasteiger partial charge >= 0.3 is 6.18 Å². The minimum absolute atomic E-state index is 0.00301. The zero-order chi connectivity index (χ0) is 13.6. The van der Waals surface area contributed by atoms with E-state index in [1.165, 1.54) is 0 Å². The van der Waals surface area contributed by atoms with Crippen LogP contribution in [0, 0.1) is 0 Å². The highest BCUT2D eigenvalue weighted by Gasteiger charge is 2.27. The van der Waals surface area contributed by atoms with Crippen LogP contribution in [0.5, 0.6) is 0 Å². The van der Waals surface area contributed by atoms with Crippen LogP contribution in [0.15, 0.2) is 0 Å². The minimum Gasteiger partial charge on any atom is -0.314 e. The van der Waals surface area contributed by atoms with Crippen molar-refractivity contribution in [1.82, 2.24) is 5.32 Å². The van der Waals surface area contributed by atoms with Gasteiger partial charge in [0, 0.05) is 12.5 Å². The third-order valence-electron chi connectivity index (χ3n) is 3.09. The first-order valence-electron chi connectivity index (χ1n) is 6.29. The maximum Gasteiger partial charge on any atom is 0.389 e. The number of halogens is 3. The van der Waals surface area contributed by atoms with Crippen molar-refractivity contribution >= 4 is 9.84 Å². The highest BCUT2D eigenvalue weighted by atomic mass is 32.2. The SMILES string of the molecule is O=S(=O)(CCC[C@H]1CCCN1)CCCC(F)(F)F. The summed E-state index contributed by atoms with van der Waals surface area (Å²) in [6.07, 6.45) is -2.10. The molecule has 1 saturated heterocycles. The van der Waals surface area contributed by atoms with Gasteiger partial charge < -0.3 is 5.32 Å². The average molecular weight is 287 g/mol. The molecule has 0 unspecified atom stereocenters. The summed E-state index contributed by atoms with van der Waals surface area (Å²) in [4.78, 5) is 0. The highest BCUT2D eigenvalue weighted by molar-refractivity contribution is 7.91. The molecule has 1 rings (SSSR count). The molecule has 1 fully saturated rings. The molecule has 0 saturated carbocycles. The maximum atomic E-state index is 11.9. The topological polar surface area (TPSA) is 46.2 Å². The molecule has 1 atom stereocenters. The van der Waals surface area contributed by atoms with Crippen molar-refractivity contribution in [3.05, 3.63) is 0 Å². The second kappa shape index (κ2) is 6.75. The Balaban J connectivity index is 2.14. The monoisotopic (exact) mass is 287 g/mol. The largest absolute Gasteiger partial charge is 0.389 e. The van der Waals surface area contributed by atoms with Crippen molar-refractivity contribution in [1.29, 1.82) is 0 Å². The summed E-state index contributed by atoms with van der Waals surface area (Å²) in [6.45, 7) is 0.975. The molecule has 3 nitrogen and oxygen atoms in total. The van der Waals surface area contributed by atoms with Gasteiger partial charge in [-0.1, -0.05) is 0 Å². The second-order valence-electron chi connectivity index (χ2n) is 4.81. The number of sulfone groups is 1. The van der Waals surface area contributed by atoms with Gasteiger partial charge in [0.1, 0.15) is 9.84 Å². The zero-order valence-electron chi connectivity index (χ0n) is 10.3. The standard InChI is InChI=1S/C11H20F3NO2S/c12-11(13,14)6-3-9-18(16,17)8-2-5-10-4-1-7-15-10/h10,15H,1-9H2/t10-/m1/s1. The molecule has 0 amide bonds. The van der Waals surface area contributed by atoms with E-state index in [1.54, 1.807) is 0 Å². The first-order valence-corrected chi connectivity index (χ1v) is 8.11. The molecule has 1 aliphatic rings. The number of alkyl halides is 3. The van der Waals surface area contributed by atoms with Crippen molar-refractivity contribution < 1.29 is 21.6 Å². The molecule has 0 aliphatic carbocycles. The summed E-state index contributed by atoms with van der Waals surface area (Å²) in [7, 11) is -3.32. The first-order chi connectivity index (χ1) is 8.29. The zero-order valence-corrected chi connectivity index (χ0v) is 11.1. The van der Waals surface area contributed by atoms with Crippen LogP contribution in [0.1, 0.15) is 38.5 Å². The van der Waals surface area contributed by atoms with Crippen molar-refractivity contribution in [2.24, 2.45) is 0 Å². The Labute approximate surface area is 106 Å². The van der Waals surface area contributed by atoms with Gasteiger partial charge in [-0.3, -0.25) is 0 Å². The van der Waals surface area contributed by atoms with Gasteiger partial charge in [-0.2, -0.15) is 13.2 Å². The van der Waals surface area contributed by atoms with E-state index >= 15 is 0 Å². The Morgan fingerprint density at radius 3 is 2.39 bits per heavy atom. The Morgan fingerprint density at radius 2 is 1.83 bits per heavy atom. The van der Waals surface area contributed by atoms with E-state index in [0.29, 0.717) is 12.5 Å². The average Bonchev–Trinajstić information content (AvgIpc) is 2.67. The van der Waals surface area contributed by atoms with Crippen molar-refractivity contribution in [3.8, 4) is 0 Å². The molecule has 1 N–H and O–H groups in total. The summed E-state index contributed by atoms with van der Waals surface area (Å²) < 4.78 is 58.7. The normalized spacial score (nSPS) is 21.4. The molecule has 0 bridgehead atoms. The Bertz CT molecular complexity index is 335. The summed E-state index contributed by atoms with van der Waals surface area (Å²) >= 11 is 0. The van der Waals surface area contributed by atoms with E-state index in [-0.39, 0.29) is 17.9 Å². The smallest absolute Gasteiger partial charge is 0.314 e. The van der Waals surface area contributed by atoms with Gasteiger partial charge in [0.25, 0.3) is 0 Å². The van der Waals surface area contributed by atoms with Gasteiger partial charge in [-0.05, 0) is 38.6 Å². The van der Waals surface area contributed by atoms with Crippen LogP contribution in [0.4, 0.5) is 13.2 Å². The first kappa shape index (κ1) is 15.8. The van der Waals surface area contributed by atoms with Gasteiger partial charge in [0.05, 0.1) is 11.5 Å². The van der Waals surface area contributed by atoms with Crippen LogP contribution in [-0.2, 0) is 9.84 Å². The summed E-state index contributed by atoms with van der Waals surface area (Å²) in [5, 5.41) is 3.26. The van der Waals surface area contributed by atoms with Crippen LogP contribution >= 0.6 is 0 Å². The van der Waals surface area contributed by atoms with E-state index in [4.69, 9.17) is 0 Å². The lowest BCUT2D eigenvalue weighted by Gasteiger charge is -2.10. The molecule has 108 valence electrons. The summed E-state index contributed by atoms with van der Waals surface area (Å²) in [5.74, 6) is -0.354. The second-order valence-corrected chi connectivity index (χ2v) is 7.11. The third-order valence-corrected chi connectivity index (χ3v) is 4.91. The number of nitrogens with one attached hydrogen (secondary N) is 1. The van der Waals surface area contributed by atoms with Gasteiger partial charge in [-0.25, -0.2) is 8.42 Å². The molecule has 0 aromatic rings. The lowest BCUT2D eigenvalue weighted by Crippen LogP contribution is -2.22. The minimum atomic E-state index is -4.26. The highest BCUT2D eigenvalue weighted by Crippen LogP contribution is 2.21. The maximum absolute atomic E-state index is 11.9. The van der Waals surface area contributed by atoms with E-state index < -0.39 is 22.4 Å². The molecular formula is C11H20F3NO2S. The molecule has 1 heterocycles. The molecule has 0 spiro atoms. The quantitative estimate of drug-likeness (QED) is 0.781. The third kappa shape index (κ3) is 7.20. The van der Waals surface area contributed by atoms with Crippen molar-refractivity contribution in [3.63, 3.8) is 0 Å². The fraction of sp³-hybridized carbons (Fsp3) is 1.00. The van der Waals surface area contributed by atoms with Crippen LogP contribution in [0.25, 0.3) is 0 Å². The Kier molecular flexibility index (Phi) is 5.91. The lowest BCUT2D eigenvalue weighted by atomic mass is 10.1. The summed E-state index contributed by atoms with van der Waals surface area (Å²) in [6, 6.07) is 0.385. The van der Waals surface area contributed by atoms with E-state index in [0.717, 1.165) is 25.8 Å². The van der Waals surface area contributed by atoms with E-state index in [9.17, 15) is 21.6 Å². The van der Waals surface area contributed by atoms with Crippen LogP contribution < -0.4 is 5.32 Å². The Morgan fingerprint density at radius 1 is 1.17 bits per heavy atom. The molecule has 0 aromatic carbocycles. The molecular weight excluding hydrogens is 267 g/mol. The number of rotatable bonds is 7. The predicted octanol–water partition coefficient (Wildman–Crippen LogP) is 2.28. The molecule has 7 heteroatoms. The van der Waals surface area contributed by atoms with E-state index in [1.807, 2.05) is 0 Å². The molecule has 0 radical (unpaired) electrons. The summed E-state index contributed by atoms with van der Waals surface area (Å²) in [5.41, 5.74) is 0. The van der Waals surface area contributed by atoms with Gasteiger partial charge in [-0.15, -0.1) is 0 Å². The molecule has 18 heavy (non-hydrogen) atoms. The number of hydrogen-bond acceptors (Lipinski definition) is 3. The van der Waals surface area contributed by atoms with Crippen molar-refractivity contribution in [2.75, 3.05) is 18.1 Å². The lowest BCUT2D eigenvalue weighted by molar-refractivity contribution is -0.134. The number of hydrogen-bond donors (Lipinski definition) is 1. The fourth-order valence-corrected chi connectivity index (χ4v) is 3.54. The van der Waals surface area contributed by atoms with Crippen LogP contribution in [0.2, 0.25) is 0 Å². The van der Waals surface area contributed by atoms with Crippen LogP contribution in [0.3, 0.4) is 0 Å². The van der Waals surface area contributed by atoms with Crippen LogP contribution in [-0.4, -0.2) is 38.7 Å². The van der Waals surface area contributed by atoms with E-state index in [2.05, 4.69) is 5.32 Å². The molecule has 1 aliphatic heterocycles. The Hall–Kier alpha value is -0.300. The van der Waals surface area contributed by atoms with Gasteiger partial charge in [0.15, 0.2) is 0 Å². The van der Waals surface area contributed by atoms with Gasteiger partial charge in [0.2, 0.25) is 0 Å². The molecule has 0 aromatic heterocycles. The van der Waals surface area contributed by atoms with Crippen molar-refractivity contribution in [2.45, 2.75) is 50.7 Å². The predicted molar refractivity (Wildman–Crippen MR) is 64.2 cm³/mol. The fourth-order valence-electron chi connectivity index (χ4n) is 2.15.